The molecular formula is C15H15N5O3. The number of non-ortho nitro benzene ring substituents is 1. The molecule has 0 atom stereocenters. The number of aromatic amines is 1. The first kappa shape index (κ1) is 14.9. The van der Waals surface area contributed by atoms with E-state index < -0.39 is 4.92 Å². The zero-order valence-electron chi connectivity index (χ0n) is 12.5. The smallest absolute Gasteiger partial charge is 0.281 e. The monoisotopic (exact) mass is 313 g/mol. The van der Waals surface area contributed by atoms with Crippen LogP contribution >= 0.6 is 0 Å². The van der Waals surface area contributed by atoms with Crippen molar-refractivity contribution in [3.05, 3.63) is 56.9 Å². The van der Waals surface area contributed by atoms with Gasteiger partial charge in [-0.15, -0.1) is 0 Å². The number of hydrazone groups is 1. The first-order chi connectivity index (χ1) is 11.1. The van der Waals surface area contributed by atoms with Crippen LogP contribution < -0.4 is 5.43 Å². The van der Waals surface area contributed by atoms with E-state index in [4.69, 9.17) is 0 Å². The van der Waals surface area contributed by atoms with Crippen LogP contribution in [-0.4, -0.2) is 26.7 Å². The molecule has 1 aliphatic rings. The van der Waals surface area contributed by atoms with Crippen LogP contribution in [0.3, 0.4) is 0 Å². The molecule has 0 bridgehead atoms. The van der Waals surface area contributed by atoms with Crippen molar-refractivity contribution in [2.75, 3.05) is 0 Å². The SMILES string of the molecule is C/C(=N/NC(=O)c1n[nH]c2c1CCC2)c1ccc([N+](=O)[O-])cc1. The molecule has 118 valence electrons. The van der Waals surface area contributed by atoms with E-state index in [0.29, 0.717) is 17.0 Å². The standard InChI is InChI=1S/C15H15N5O3/c1-9(10-5-7-11(8-6-10)20(22)23)16-19-15(21)14-12-3-2-4-13(12)17-18-14/h5-8H,2-4H2,1H3,(H,17,18)(H,19,21)/b16-9-. The van der Waals surface area contributed by atoms with Gasteiger partial charge in [-0.05, 0) is 43.9 Å². The van der Waals surface area contributed by atoms with Crippen molar-refractivity contribution in [1.29, 1.82) is 0 Å². The number of aryl methyl sites for hydroxylation is 1. The van der Waals surface area contributed by atoms with Crippen molar-refractivity contribution in [2.24, 2.45) is 5.10 Å². The quantitative estimate of drug-likeness (QED) is 0.510. The summed E-state index contributed by atoms with van der Waals surface area (Å²) < 4.78 is 0. The molecule has 1 amide bonds. The molecule has 2 N–H and O–H groups in total. The number of hydrogen-bond acceptors (Lipinski definition) is 5. The lowest BCUT2D eigenvalue weighted by Crippen LogP contribution is -2.21. The third kappa shape index (κ3) is 2.96. The number of aromatic nitrogens is 2. The van der Waals surface area contributed by atoms with Crippen LogP contribution in [-0.2, 0) is 12.8 Å². The number of amides is 1. The Labute approximate surface area is 131 Å². The highest BCUT2D eigenvalue weighted by Crippen LogP contribution is 2.22. The number of hydrogen-bond donors (Lipinski definition) is 2. The number of carbonyl (C=O) groups is 1. The minimum absolute atomic E-state index is 0.0117. The molecule has 0 spiro atoms. The van der Waals surface area contributed by atoms with E-state index in [1.807, 2.05) is 0 Å². The highest BCUT2D eigenvalue weighted by molar-refractivity contribution is 6.00. The van der Waals surface area contributed by atoms with Gasteiger partial charge in [-0.25, -0.2) is 5.43 Å². The maximum absolute atomic E-state index is 12.2. The number of carbonyl (C=O) groups excluding carboxylic acids is 1. The van der Waals surface area contributed by atoms with Gasteiger partial charge < -0.3 is 0 Å². The average molecular weight is 313 g/mol. The highest BCUT2D eigenvalue weighted by Gasteiger charge is 2.22. The van der Waals surface area contributed by atoms with E-state index in [-0.39, 0.29) is 11.6 Å². The minimum Gasteiger partial charge on any atom is -0.281 e. The fourth-order valence-electron chi connectivity index (χ4n) is 2.58. The normalized spacial score (nSPS) is 13.7. The molecule has 1 aliphatic carbocycles. The Morgan fingerprint density at radius 1 is 1.35 bits per heavy atom. The predicted molar refractivity (Wildman–Crippen MR) is 83.4 cm³/mol. The van der Waals surface area contributed by atoms with Crippen molar-refractivity contribution in [2.45, 2.75) is 26.2 Å². The fraction of sp³-hybridized carbons (Fsp3) is 0.267. The molecule has 8 nitrogen and oxygen atoms in total. The molecule has 1 heterocycles. The zero-order valence-corrected chi connectivity index (χ0v) is 12.5. The van der Waals surface area contributed by atoms with Crippen LogP contribution in [0.5, 0.6) is 0 Å². The third-order valence-electron chi connectivity index (χ3n) is 3.84. The van der Waals surface area contributed by atoms with Gasteiger partial charge in [0.15, 0.2) is 5.69 Å². The van der Waals surface area contributed by atoms with Gasteiger partial charge in [-0.3, -0.25) is 20.0 Å². The number of rotatable bonds is 4. The van der Waals surface area contributed by atoms with Crippen LogP contribution in [0.4, 0.5) is 5.69 Å². The summed E-state index contributed by atoms with van der Waals surface area (Å²) in [5, 5.41) is 21.6. The first-order valence-corrected chi connectivity index (χ1v) is 7.22. The molecule has 2 aromatic rings. The number of benzene rings is 1. The molecule has 1 aromatic heterocycles. The van der Waals surface area contributed by atoms with Gasteiger partial charge >= 0.3 is 0 Å². The van der Waals surface area contributed by atoms with Gasteiger partial charge in [0.1, 0.15) is 0 Å². The maximum atomic E-state index is 12.2. The lowest BCUT2D eigenvalue weighted by atomic mass is 10.1. The molecule has 23 heavy (non-hydrogen) atoms. The van der Waals surface area contributed by atoms with Crippen molar-refractivity contribution >= 4 is 17.3 Å². The summed E-state index contributed by atoms with van der Waals surface area (Å²) in [5.74, 6) is -0.356. The van der Waals surface area contributed by atoms with E-state index >= 15 is 0 Å². The van der Waals surface area contributed by atoms with E-state index in [9.17, 15) is 14.9 Å². The van der Waals surface area contributed by atoms with Gasteiger partial charge in [-0.1, -0.05) is 0 Å². The zero-order chi connectivity index (χ0) is 16.4. The Morgan fingerprint density at radius 3 is 2.78 bits per heavy atom. The number of nitro benzene ring substituents is 1. The second kappa shape index (κ2) is 5.99. The molecule has 0 saturated heterocycles. The van der Waals surface area contributed by atoms with Crippen molar-refractivity contribution < 1.29 is 9.72 Å². The largest absolute Gasteiger partial charge is 0.292 e. The summed E-state index contributed by atoms with van der Waals surface area (Å²) in [6.45, 7) is 1.72. The summed E-state index contributed by atoms with van der Waals surface area (Å²) in [5.41, 5.74) is 6.12. The minimum atomic E-state index is -0.462. The predicted octanol–water partition coefficient (Wildman–Crippen LogP) is 1.96. The van der Waals surface area contributed by atoms with Crippen LogP contribution in [0, 0.1) is 10.1 Å². The highest BCUT2D eigenvalue weighted by atomic mass is 16.6. The average Bonchev–Trinajstić information content (AvgIpc) is 3.15. The summed E-state index contributed by atoms with van der Waals surface area (Å²) in [4.78, 5) is 22.3. The Hall–Kier alpha value is -3.03. The van der Waals surface area contributed by atoms with Gasteiger partial charge in [0.2, 0.25) is 0 Å². The van der Waals surface area contributed by atoms with E-state index in [1.165, 1.54) is 12.1 Å². The second-order valence-corrected chi connectivity index (χ2v) is 5.32. The Kier molecular flexibility index (Phi) is 3.88. The summed E-state index contributed by atoms with van der Waals surface area (Å²) in [6.07, 6.45) is 2.79. The molecule has 0 fully saturated rings. The number of H-pyrrole nitrogens is 1. The molecule has 3 rings (SSSR count). The Bertz CT molecular complexity index is 792. The lowest BCUT2D eigenvalue weighted by Gasteiger charge is -2.02. The fourth-order valence-corrected chi connectivity index (χ4v) is 2.58. The molecule has 0 radical (unpaired) electrons. The maximum Gasteiger partial charge on any atom is 0.292 e. The first-order valence-electron chi connectivity index (χ1n) is 7.22. The topological polar surface area (TPSA) is 113 Å². The molecule has 0 unspecified atom stereocenters. The van der Waals surface area contributed by atoms with E-state index in [1.54, 1.807) is 19.1 Å². The summed E-state index contributed by atoms with van der Waals surface area (Å²) in [6, 6.07) is 5.98. The number of fused-ring (bicyclic) bond motifs is 1. The van der Waals surface area contributed by atoms with Crippen molar-refractivity contribution in [3.63, 3.8) is 0 Å². The van der Waals surface area contributed by atoms with Crippen LogP contribution in [0.1, 0.15) is 40.7 Å². The summed E-state index contributed by atoms with van der Waals surface area (Å²) in [7, 11) is 0. The van der Waals surface area contributed by atoms with E-state index in [0.717, 1.165) is 30.5 Å². The van der Waals surface area contributed by atoms with Crippen molar-refractivity contribution in [1.82, 2.24) is 15.6 Å². The van der Waals surface area contributed by atoms with Crippen LogP contribution in [0.25, 0.3) is 0 Å². The molecule has 0 aliphatic heterocycles. The second-order valence-electron chi connectivity index (χ2n) is 5.32. The van der Waals surface area contributed by atoms with Crippen molar-refractivity contribution in [3.8, 4) is 0 Å². The summed E-state index contributed by atoms with van der Waals surface area (Å²) >= 11 is 0. The Morgan fingerprint density at radius 2 is 2.09 bits per heavy atom. The molecule has 1 aromatic carbocycles. The van der Waals surface area contributed by atoms with Crippen LogP contribution in [0.15, 0.2) is 29.4 Å². The number of nitrogens with zero attached hydrogens (tertiary/aromatic N) is 3. The molecular weight excluding hydrogens is 298 g/mol. The van der Waals surface area contributed by atoms with Gasteiger partial charge in [0.05, 0.1) is 10.6 Å². The van der Waals surface area contributed by atoms with Crippen LogP contribution in [0.2, 0.25) is 0 Å². The molecule has 0 saturated carbocycles. The van der Waals surface area contributed by atoms with Gasteiger partial charge in [-0.2, -0.15) is 10.2 Å². The lowest BCUT2D eigenvalue weighted by molar-refractivity contribution is -0.384. The van der Waals surface area contributed by atoms with Gasteiger partial charge in [0.25, 0.3) is 11.6 Å². The molecule has 8 heteroatoms. The number of nitrogens with one attached hydrogen (secondary N) is 2. The Balaban J connectivity index is 1.71. The van der Waals surface area contributed by atoms with Gasteiger partial charge in [0, 0.05) is 23.4 Å². The third-order valence-corrected chi connectivity index (χ3v) is 3.84. The number of nitro groups is 1. The van der Waals surface area contributed by atoms with E-state index in [2.05, 4.69) is 20.7 Å².